The molecule has 6 heteroatoms. The number of fused-ring (bicyclic) bond motifs is 1. The number of allylic oxidation sites excluding steroid dienone is 8. The highest BCUT2D eigenvalue weighted by molar-refractivity contribution is 6.08. The highest BCUT2D eigenvalue weighted by Crippen LogP contribution is 2.48. The van der Waals surface area contributed by atoms with E-state index in [2.05, 4.69) is 71.1 Å². The number of unbranched alkanes of at least 4 members (excludes halogenated alkanes) is 4. The molecular weight excluding hydrogens is 637 g/mol. The highest BCUT2D eigenvalue weighted by atomic mass is 19.2. The second-order valence-corrected chi connectivity index (χ2v) is 15.0. The van der Waals surface area contributed by atoms with Crippen LogP contribution in [0.3, 0.4) is 0 Å². The van der Waals surface area contributed by atoms with E-state index >= 15 is 0 Å². The van der Waals surface area contributed by atoms with Crippen LogP contribution in [0, 0.1) is 11.8 Å². The fourth-order valence-corrected chi connectivity index (χ4v) is 5.92. The number of anilines is 1. The van der Waals surface area contributed by atoms with Gasteiger partial charge in [0.2, 0.25) is 5.91 Å². The lowest BCUT2D eigenvalue weighted by molar-refractivity contribution is -0.123. The Labute approximate surface area is 310 Å². The summed E-state index contributed by atoms with van der Waals surface area (Å²) >= 11 is 0. The minimum absolute atomic E-state index is 0.0169. The Hall–Kier alpha value is -3.54. The van der Waals surface area contributed by atoms with E-state index in [-0.39, 0.29) is 17.6 Å². The lowest BCUT2D eigenvalue weighted by Gasteiger charge is -2.41. The summed E-state index contributed by atoms with van der Waals surface area (Å²) in [4.78, 5) is 20.1. The van der Waals surface area contributed by atoms with Gasteiger partial charge in [0.25, 0.3) is 0 Å². The zero-order valence-electron chi connectivity index (χ0n) is 34.1. The van der Waals surface area contributed by atoms with Crippen molar-refractivity contribution < 1.29 is 13.6 Å². The smallest absolute Gasteiger partial charge is 0.237 e. The van der Waals surface area contributed by atoms with Gasteiger partial charge in [0, 0.05) is 23.6 Å². The molecule has 1 aliphatic carbocycles. The normalized spacial score (nSPS) is 19.1. The van der Waals surface area contributed by atoms with E-state index in [1.165, 1.54) is 38.2 Å². The molecule has 0 aromatic heterocycles. The molecule has 0 bridgehead atoms. The van der Waals surface area contributed by atoms with Crippen LogP contribution in [-0.4, -0.2) is 18.2 Å². The molecule has 1 heterocycles. The molecule has 1 fully saturated rings. The van der Waals surface area contributed by atoms with Gasteiger partial charge in [-0.05, 0) is 106 Å². The predicted molar refractivity (Wildman–Crippen MR) is 219 cm³/mol. The summed E-state index contributed by atoms with van der Waals surface area (Å²) in [5.74, 6) is -0.522. The number of hydrogen-bond donors (Lipinski definition) is 1. The molecule has 2 aliphatic rings. The number of aliphatic imine (C=N–C) groups is 1. The van der Waals surface area contributed by atoms with Crippen LogP contribution in [-0.2, 0) is 10.2 Å². The first-order valence-electron chi connectivity index (χ1n) is 19.3. The van der Waals surface area contributed by atoms with Gasteiger partial charge in [-0.3, -0.25) is 9.79 Å². The van der Waals surface area contributed by atoms with E-state index in [0.717, 1.165) is 59.6 Å². The number of benzene rings is 1. The van der Waals surface area contributed by atoms with Crippen molar-refractivity contribution in [1.82, 2.24) is 5.32 Å². The topological polar surface area (TPSA) is 44.7 Å². The Kier molecular flexibility index (Phi) is 20.0. The summed E-state index contributed by atoms with van der Waals surface area (Å²) in [7, 11) is 0. The summed E-state index contributed by atoms with van der Waals surface area (Å²) in [5.41, 5.74) is 5.07. The van der Waals surface area contributed by atoms with Crippen LogP contribution in [0.1, 0.15) is 152 Å². The number of nitrogens with one attached hydrogen (secondary N) is 1. The molecule has 51 heavy (non-hydrogen) atoms. The van der Waals surface area contributed by atoms with E-state index in [1.807, 2.05) is 50.8 Å². The number of halogens is 2. The molecule has 0 atom stereocenters. The third-order valence-corrected chi connectivity index (χ3v) is 9.22. The summed E-state index contributed by atoms with van der Waals surface area (Å²) in [5, 5.41) is 2.96. The first-order valence-corrected chi connectivity index (χ1v) is 19.3. The summed E-state index contributed by atoms with van der Waals surface area (Å²) < 4.78 is 27.9. The number of carbonyl (C=O) groups is 1. The SMILES string of the molecule is C=C(F)/C(F)=C(\C=C/C)N/C(C)=C(C)/C(=C\C(=C)c1ccc2c(c1)N(C1CC(CC)C1)C(=O)C2(C)C)N=CCC.CC(C)C.CCCCCCC. The van der Waals surface area contributed by atoms with Gasteiger partial charge in [0.05, 0.1) is 16.8 Å². The van der Waals surface area contributed by atoms with Gasteiger partial charge in [-0.1, -0.05) is 118 Å². The molecule has 1 saturated carbocycles. The molecule has 284 valence electrons. The molecule has 0 saturated heterocycles. The fraction of sp³-hybridized carbons (Fsp3) is 0.556. The highest BCUT2D eigenvalue weighted by Gasteiger charge is 2.49. The van der Waals surface area contributed by atoms with Gasteiger partial charge in [-0.15, -0.1) is 0 Å². The molecular formula is C45H69F2N3O. The Morgan fingerprint density at radius 3 is 2.12 bits per heavy atom. The van der Waals surface area contributed by atoms with Gasteiger partial charge < -0.3 is 10.2 Å². The quantitative estimate of drug-likeness (QED) is 0.112. The average molecular weight is 706 g/mol. The Bertz CT molecular complexity index is 1460. The van der Waals surface area contributed by atoms with Crippen molar-refractivity contribution in [3.8, 4) is 0 Å². The number of rotatable bonds is 15. The number of hydrogen-bond acceptors (Lipinski definition) is 3. The summed E-state index contributed by atoms with van der Waals surface area (Å²) in [6.07, 6.45) is 17.7. The summed E-state index contributed by atoms with van der Waals surface area (Å²) in [6, 6.07) is 6.36. The fourth-order valence-electron chi connectivity index (χ4n) is 5.92. The van der Waals surface area contributed by atoms with Crippen LogP contribution in [0.15, 0.2) is 88.9 Å². The molecule has 3 rings (SSSR count). The van der Waals surface area contributed by atoms with Crippen molar-refractivity contribution in [3.63, 3.8) is 0 Å². The third kappa shape index (κ3) is 13.5. The molecule has 0 unspecified atom stereocenters. The third-order valence-electron chi connectivity index (χ3n) is 9.22. The Morgan fingerprint density at radius 2 is 1.63 bits per heavy atom. The maximum absolute atomic E-state index is 14.4. The minimum atomic E-state index is -1.14. The Balaban J connectivity index is 0.00000102. The van der Waals surface area contributed by atoms with Crippen LogP contribution in [0.4, 0.5) is 14.5 Å². The zero-order valence-corrected chi connectivity index (χ0v) is 34.1. The number of amides is 1. The van der Waals surface area contributed by atoms with Gasteiger partial charge in [0.15, 0.2) is 11.7 Å². The first-order chi connectivity index (χ1) is 24.0. The lowest BCUT2D eigenvalue weighted by atomic mass is 9.77. The van der Waals surface area contributed by atoms with Crippen molar-refractivity contribution in [3.05, 3.63) is 95.0 Å². The van der Waals surface area contributed by atoms with Gasteiger partial charge in [0.1, 0.15) is 0 Å². The summed E-state index contributed by atoms with van der Waals surface area (Å²) in [6.45, 7) is 32.0. The monoisotopic (exact) mass is 706 g/mol. The predicted octanol–water partition coefficient (Wildman–Crippen LogP) is 13.6. The molecule has 1 aromatic rings. The maximum Gasteiger partial charge on any atom is 0.237 e. The molecule has 4 nitrogen and oxygen atoms in total. The van der Waals surface area contributed by atoms with Crippen molar-refractivity contribution in [2.24, 2.45) is 16.8 Å². The molecule has 1 aliphatic heterocycles. The average Bonchev–Trinajstić information content (AvgIpc) is 3.25. The second-order valence-electron chi connectivity index (χ2n) is 15.0. The standard InChI is InChI=1S/C34H43F2N3O.C7H16.C4H10/c1-10-13-29(32(36)23(6)35)38-24(7)22(5)30(37-16-11-2)17-21(4)26-14-15-28-31(20-26)39(33(40)34(28,8)9)27-18-25(12-3)19-27;1-3-5-7-6-4-2;1-4(2)3/h10,13-17,20,25,27,38H,4,6,11-12,18-19H2,1-3,5,7-9H3;3-7H2,1-2H3;4H,1-3H3/b13-10-,24-22+,30-17+,32-29-,37-16?;;. The van der Waals surface area contributed by atoms with Gasteiger partial charge >= 0.3 is 0 Å². The van der Waals surface area contributed by atoms with Crippen LogP contribution in [0.25, 0.3) is 5.57 Å². The molecule has 1 amide bonds. The largest absolute Gasteiger partial charge is 0.356 e. The van der Waals surface area contributed by atoms with Crippen LogP contribution in [0.5, 0.6) is 0 Å². The molecule has 1 N–H and O–H groups in total. The Morgan fingerprint density at radius 1 is 1.04 bits per heavy atom. The lowest BCUT2D eigenvalue weighted by Crippen LogP contribution is -2.49. The maximum atomic E-state index is 14.4. The number of carbonyl (C=O) groups excluding carboxylic acids is 1. The van der Waals surface area contributed by atoms with E-state index in [9.17, 15) is 13.6 Å². The van der Waals surface area contributed by atoms with Crippen LogP contribution < -0.4 is 10.2 Å². The minimum Gasteiger partial charge on any atom is -0.356 e. The molecule has 1 aromatic carbocycles. The zero-order chi connectivity index (χ0) is 38.9. The second kappa shape index (κ2) is 22.4. The van der Waals surface area contributed by atoms with Gasteiger partial charge in [-0.25, -0.2) is 8.78 Å². The number of nitrogens with zero attached hydrogens (tertiary/aromatic N) is 2. The van der Waals surface area contributed by atoms with Crippen molar-refractivity contribution >= 4 is 23.4 Å². The van der Waals surface area contributed by atoms with E-state index < -0.39 is 17.1 Å². The molecule has 0 spiro atoms. The molecule has 0 radical (unpaired) electrons. The van der Waals surface area contributed by atoms with Crippen molar-refractivity contribution in [1.29, 1.82) is 0 Å². The van der Waals surface area contributed by atoms with E-state index in [4.69, 9.17) is 0 Å². The van der Waals surface area contributed by atoms with E-state index in [1.54, 1.807) is 26.1 Å². The first kappa shape index (κ1) is 45.5. The van der Waals surface area contributed by atoms with Crippen LogP contribution in [0.2, 0.25) is 0 Å². The van der Waals surface area contributed by atoms with Gasteiger partial charge in [-0.2, -0.15) is 0 Å². The van der Waals surface area contributed by atoms with Crippen molar-refractivity contribution in [2.75, 3.05) is 4.90 Å². The van der Waals surface area contributed by atoms with Crippen LogP contribution >= 0.6 is 0 Å². The van der Waals surface area contributed by atoms with Crippen molar-refractivity contribution in [2.45, 2.75) is 152 Å². The van der Waals surface area contributed by atoms with E-state index in [0.29, 0.717) is 17.3 Å².